The molecule has 3 heteroatoms. The minimum atomic E-state index is 0.329. The highest BCUT2D eigenvalue weighted by atomic mass is 35.5. The molecule has 0 N–H and O–H groups in total. The smallest absolute Gasteiger partial charge is 0.122 e. The Morgan fingerprint density at radius 3 is 2.30 bits per heavy atom. The molecule has 0 aliphatic heterocycles. The number of halogens is 1. The average molecular weight is 287 g/mol. The molecule has 0 amide bonds. The number of para-hydroxylation sites is 1. The predicted molar refractivity (Wildman–Crippen MR) is 81.5 cm³/mol. The minimum absolute atomic E-state index is 0.329. The fourth-order valence-corrected chi connectivity index (χ4v) is 1.70. The Hall–Kier alpha value is -2.11. The summed E-state index contributed by atoms with van der Waals surface area (Å²) in [6.07, 6.45) is 0. The zero-order valence-electron chi connectivity index (χ0n) is 11.0. The van der Waals surface area contributed by atoms with Crippen LogP contribution >= 0.6 is 11.6 Å². The standard InChI is InChI=1S/C17H15ClO2/c18-11-5-7-15-6-4-10-17(14-15)20-13-12-19-16-8-2-1-3-9-16/h1-4,6,8-10,14H,11-13H2. The van der Waals surface area contributed by atoms with Gasteiger partial charge in [-0.2, -0.15) is 0 Å². The van der Waals surface area contributed by atoms with Crippen LogP contribution in [-0.4, -0.2) is 19.1 Å². The summed E-state index contributed by atoms with van der Waals surface area (Å²) in [6, 6.07) is 17.3. The molecule has 0 saturated carbocycles. The highest BCUT2D eigenvalue weighted by Gasteiger charge is 1.96. The third-order valence-corrected chi connectivity index (χ3v) is 2.63. The molecular weight excluding hydrogens is 272 g/mol. The highest BCUT2D eigenvalue weighted by molar-refractivity contribution is 6.19. The zero-order valence-corrected chi connectivity index (χ0v) is 11.8. The number of benzene rings is 2. The first-order valence-electron chi connectivity index (χ1n) is 6.34. The topological polar surface area (TPSA) is 18.5 Å². The molecule has 0 atom stereocenters. The zero-order chi connectivity index (χ0) is 14.0. The van der Waals surface area contributed by atoms with Crippen LogP contribution < -0.4 is 9.47 Å². The lowest BCUT2D eigenvalue weighted by Crippen LogP contribution is -2.08. The van der Waals surface area contributed by atoms with Crippen LogP contribution in [0.4, 0.5) is 0 Å². The van der Waals surface area contributed by atoms with Crippen LogP contribution in [0.1, 0.15) is 5.56 Å². The van der Waals surface area contributed by atoms with Gasteiger partial charge >= 0.3 is 0 Å². The van der Waals surface area contributed by atoms with Crippen molar-refractivity contribution in [1.82, 2.24) is 0 Å². The predicted octanol–water partition coefficient (Wildman–Crippen LogP) is 3.73. The maximum Gasteiger partial charge on any atom is 0.122 e. The van der Waals surface area contributed by atoms with E-state index in [1.807, 2.05) is 54.6 Å². The Kier molecular flexibility index (Phi) is 5.82. The molecule has 2 aromatic rings. The molecule has 0 bridgehead atoms. The van der Waals surface area contributed by atoms with Gasteiger partial charge in [0, 0.05) is 5.56 Å². The van der Waals surface area contributed by atoms with Crippen molar-refractivity contribution in [1.29, 1.82) is 0 Å². The molecule has 2 aromatic carbocycles. The Bertz CT molecular complexity index is 585. The van der Waals surface area contributed by atoms with Crippen molar-refractivity contribution in [2.24, 2.45) is 0 Å². The van der Waals surface area contributed by atoms with E-state index in [-0.39, 0.29) is 0 Å². The van der Waals surface area contributed by atoms with Gasteiger partial charge in [-0.15, -0.1) is 11.6 Å². The summed E-state index contributed by atoms with van der Waals surface area (Å²) in [7, 11) is 0. The highest BCUT2D eigenvalue weighted by Crippen LogP contribution is 2.13. The molecule has 0 heterocycles. The molecule has 0 fully saturated rings. The maximum absolute atomic E-state index is 5.62. The van der Waals surface area contributed by atoms with Gasteiger partial charge in [-0.3, -0.25) is 0 Å². The number of ether oxygens (including phenoxy) is 2. The van der Waals surface area contributed by atoms with Crippen LogP contribution in [0.2, 0.25) is 0 Å². The van der Waals surface area contributed by atoms with Gasteiger partial charge in [0.05, 0.1) is 5.88 Å². The summed E-state index contributed by atoms with van der Waals surface area (Å²) in [6.45, 7) is 0.989. The Balaban J connectivity index is 1.79. The van der Waals surface area contributed by atoms with E-state index >= 15 is 0 Å². The van der Waals surface area contributed by atoms with Crippen molar-refractivity contribution in [3.8, 4) is 23.3 Å². The SMILES string of the molecule is ClCC#Cc1cccc(OCCOc2ccccc2)c1. The lowest BCUT2D eigenvalue weighted by atomic mass is 10.2. The largest absolute Gasteiger partial charge is 0.490 e. The van der Waals surface area contributed by atoms with E-state index in [0.29, 0.717) is 19.1 Å². The van der Waals surface area contributed by atoms with Crippen LogP contribution in [0.15, 0.2) is 54.6 Å². The molecule has 0 aliphatic carbocycles. The van der Waals surface area contributed by atoms with Crippen molar-refractivity contribution in [2.75, 3.05) is 19.1 Å². The van der Waals surface area contributed by atoms with Crippen molar-refractivity contribution in [3.63, 3.8) is 0 Å². The Labute approximate surface area is 124 Å². The van der Waals surface area contributed by atoms with Gasteiger partial charge in [-0.1, -0.05) is 36.1 Å². The van der Waals surface area contributed by atoms with Crippen molar-refractivity contribution >= 4 is 11.6 Å². The average Bonchev–Trinajstić information content (AvgIpc) is 2.51. The third-order valence-electron chi connectivity index (χ3n) is 2.50. The maximum atomic E-state index is 5.62. The van der Waals surface area contributed by atoms with Crippen LogP contribution in [-0.2, 0) is 0 Å². The van der Waals surface area contributed by atoms with Gasteiger partial charge in [0.15, 0.2) is 0 Å². The number of hydrogen-bond donors (Lipinski definition) is 0. The second-order valence-electron chi connectivity index (χ2n) is 3.97. The minimum Gasteiger partial charge on any atom is -0.490 e. The van der Waals surface area contributed by atoms with Gasteiger partial charge in [-0.25, -0.2) is 0 Å². The fraction of sp³-hybridized carbons (Fsp3) is 0.176. The summed E-state index contributed by atoms with van der Waals surface area (Å²) in [5.41, 5.74) is 0.895. The Morgan fingerprint density at radius 1 is 0.850 bits per heavy atom. The van der Waals surface area contributed by atoms with E-state index in [1.54, 1.807) is 0 Å². The van der Waals surface area contributed by atoms with Crippen molar-refractivity contribution in [2.45, 2.75) is 0 Å². The van der Waals surface area contributed by atoms with Crippen LogP contribution in [0.5, 0.6) is 11.5 Å². The first-order valence-corrected chi connectivity index (χ1v) is 6.87. The van der Waals surface area contributed by atoms with Crippen LogP contribution in [0, 0.1) is 11.8 Å². The first-order chi connectivity index (χ1) is 9.88. The van der Waals surface area contributed by atoms with E-state index in [1.165, 1.54) is 0 Å². The van der Waals surface area contributed by atoms with Gasteiger partial charge in [0.25, 0.3) is 0 Å². The van der Waals surface area contributed by atoms with Gasteiger partial charge in [0.1, 0.15) is 24.7 Å². The van der Waals surface area contributed by atoms with E-state index in [2.05, 4.69) is 11.8 Å². The van der Waals surface area contributed by atoms with E-state index in [0.717, 1.165) is 17.1 Å². The summed E-state index contributed by atoms with van der Waals surface area (Å²) in [5, 5.41) is 0. The van der Waals surface area contributed by atoms with E-state index < -0.39 is 0 Å². The normalized spacial score (nSPS) is 9.45. The molecule has 0 radical (unpaired) electrons. The Morgan fingerprint density at radius 2 is 1.55 bits per heavy atom. The molecular formula is C17H15ClO2. The fourth-order valence-electron chi connectivity index (χ4n) is 1.63. The molecule has 0 unspecified atom stereocenters. The summed E-state index contributed by atoms with van der Waals surface area (Å²) >= 11 is 5.53. The molecule has 102 valence electrons. The molecule has 2 rings (SSSR count). The van der Waals surface area contributed by atoms with Gasteiger partial charge in [0.2, 0.25) is 0 Å². The second-order valence-corrected chi connectivity index (χ2v) is 4.24. The molecule has 20 heavy (non-hydrogen) atoms. The quantitative estimate of drug-likeness (QED) is 0.474. The van der Waals surface area contributed by atoms with Crippen molar-refractivity contribution in [3.05, 3.63) is 60.2 Å². The number of alkyl halides is 1. The summed E-state index contributed by atoms with van der Waals surface area (Å²) < 4.78 is 11.2. The summed E-state index contributed by atoms with van der Waals surface area (Å²) in [4.78, 5) is 0. The lowest BCUT2D eigenvalue weighted by molar-refractivity contribution is 0.217. The van der Waals surface area contributed by atoms with Crippen LogP contribution in [0.25, 0.3) is 0 Å². The third kappa shape index (κ3) is 4.87. The molecule has 2 nitrogen and oxygen atoms in total. The first kappa shape index (κ1) is 14.3. The van der Waals surface area contributed by atoms with Gasteiger partial charge in [-0.05, 0) is 30.3 Å². The van der Waals surface area contributed by atoms with Gasteiger partial charge < -0.3 is 9.47 Å². The van der Waals surface area contributed by atoms with E-state index in [9.17, 15) is 0 Å². The van der Waals surface area contributed by atoms with E-state index in [4.69, 9.17) is 21.1 Å². The van der Waals surface area contributed by atoms with Crippen molar-refractivity contribution < 1.29 is 9.47 Å². The second kappa shape index (κ2) is 8.14. The monoisotopic (exact) mass is 286 g/mol. The molecule has 0 aliphatic rings. The number of hydrogen-bond acceptors (Lipinski definition) is 2. The molecule has 0 spiro atoms. The summed E-state index contributed by atoms with van der Waals surface area (Å²) in [5.74, 6) is 7.73. The molecule has 0 saturated heterocycles. The molecule has 0 aromatic heterocycles. The lowest BCUT2D eigenvalue weighted by Gasteiger charge is -2.08. The number of rotatable bonds is 5. The van der Waals surface area contributed by atoms with Crippen LogP contribution in [0.3, 0.4) is 0 Å².